The van der Waals surface area contributed by atoms with Crippen molar-refractivity contribution in [2.24, 2.45) is 0 Å². The van der Waals surface area contributed by atoms with Gasteiger partial charge in [0.15, 0.2) is 0 Å². The number of rotatable bonds is 3. The fraction of sp³-hybridized carbons (Fsp3) is 0.643. The molecule has 0 aromatic rings. The second-order valence-electron chi connectivity index (χ2n) is 5.66. The van der Waals surface area contributed by atoms with Crippen LogP contribution in [0.3, 0.4) is 0 Å². The quantitative estimate of drug-likeness (QED) is 0.439. The van der Waals surface area contributed by atoms with Gasteiger partial charge in [0.1, 0.15) is 11.8 Å². The summed E-state index contributed by atoms with van der Waals surface area (Å²) < 4.78 is 9.33. The molecular weight excluding hydrogens is 276 g/mol. The van der Waals surface area contributed by atoms with Crippen LogP contribution in [0.15, 0.2) is 11.8 Å². The van der Waals surface area contributed by atoms with Gasteiger partial charge in [-0.3, -0.25) is 9.69 Å². The Hall–Kier alpha value is -1.89. The minimum atomic E-state index is -0.723. The Balaban J connectivity index is 0.000000225. The third kappa shape index (κ3) is 2.92. The van der Waals surface area contributed by atoms with Crippen LogP contribution in [-0.2, 0) is 19.1 Å². The van der Waals surface area contributed by atoms with Crippen molar-refractivity contribution in [3.8, 4) is 0 Å². The van der Waals surface area contributed by atoms with Crippen molar-refractivity contribution in [3.63, 3.8) is 0 Å². The number of nitrogens with zero attached hydrogens (tertiary/aromatic N) is 2. The van der Waals surface area contributed by atoms with E-state index in [4.69, 9.17) is 4.74 Å². The number of amides is 3. The summed E-state index contributed by atoms with van der Waals surface area (Å²) in [6.07, 6.45) is 1.56. The zero-order valence-corrected chi connectivity index (χ0v) is 12.7. The largest absolute Gasteiger partial charge is 0.430 e. The van der Waals surface area contributed by atoms with E-state index in [0.29, 0.717) is 25.3 Å². The number of cyclic esters (lactones) is 1. The maximum Gasteiger partial charge on any atom is 0.341 e. The maximum atomic E-state index is 11.9. The summed E-state index contributed by atoms with van der Waals surface area (Å²) in [7, 11) is 0. The number of urea groups is 1. The van der Waals surface area contributed by atoms with Crippen molar-refractivity contribution >= 4 is 17.9 Å². The van der Waals surface area contributed by atoms with Crippen LogP contribution in [0.1, 0.15) is 27.7 Å². The number of hydrogen-bond acceptors (Lipinski definition) is 5. The first-order valence-corrected chi connectivity index (χ1v) is 6.92. The highest BCUT2D eigenvalue weighted by atomic mass is 16.6. The summed E-state index contributed by atoms with van der Waals surface area (Å²) in [6.45, 7) is 8.74. The molecule has 1 unspecified atom stereocenters. The van der Waals surface area contributed by atoms with Crippen LogP contribution in [0.4, 0.5) is 4.79 Å². The molecule has 3 heterocycles. The van der Waals surface area contributed by atoms with Crippen LogP contribution in [0.25, 0.3) is 0 Å². The first-order valence-electron chi connectivity index (χ1n) is 6.92. The van der Waals surface area contributed by atoms with Gasteiger partial charge >= 0.3 is 12.0 Å². The van der Waals surface area contributed by atoms with Gasteiger partial charge in [0.25, 0.3) is 5.91 Å². The average molecular weight is 296 g/mol. The highest BCUT2D eigenvalue weighted by Crippen LogP contribution is 2.29. The average Bonchev–Trinajstić information content (AvgIpc) is 3.24. The Morgan fingerprint density at radius 1 is 1.33 bits per heavy atom. The molecule has 7 nitrogen and oxygen atoms in total. The van der Waals surface area contributed by atoms with E-state index in [9.17, 15) is 14.4 Å². The third-order valence-electron chi connectivity index (χ3n) is 3.67. The molecule has 3 amide bonds. The van der Waals surface area contributed by atoms with Gasteiger partial charge in [-0.2, -0.15) is 0 Å². The molecule has 2 fully saturated rings. The van der Waals surface area contributed by atoms with Crippen molar-refractivity contribution in [2.75, 3.05) is 19.7 Å². The monoisotopic (exact) mass is 296 g/mol. The number of carbonyl (C=O) groups excluding carboxylic acids is 3. The third-order valence-corrected chi connectivity index (χ3v) is 3.67. The molecule has 116 valence electrons. The fourth-order valence-corrected chi connectivity index (χ4v) is 2.10. The minimum absolute atomic E-state index is 0.115. The number of imide groups is 1. The van der Waals surface area contributed by atoms with Crippen molar-refractivity contribution in [1.29, 1.82) is 0 Å². The minimum Gasteiger partial charge on any atom is -0.430 e. The van der Waals surface area contributed by atoms with Crippen LogP contribution in [-0.4, -0.2) is 59.0 Å². The number of carbonyl (C=O) groups is 3. The lowest BCUT2D eigenvalue weighted by Gasteiger charge is -2.26. The zero-order chi connectivity index (χ0) is 15.8. The molecule has 1 atom stereocenters. The molecule has 0 radical (unpaired) electrons. The van der Waals surface area contributed by atoms with Crippen LogP contribution < -0.4 is 0 Å². The van der Waals surface area contributed by atoms with Gasteiger partial charge in [-0.05, 0) is 27.7 Å². The lowest BCUT2D eigenvalue weighted by molar-refractivity contribution is -0.138. The highest BCUT2D eigenvalue weighted by Gasteiger charge is 2.51. The Kier molecular flexibility index (Phi) is 4.04. The molecule has 7 heteroatoms. The summed E-state index contributed by atoms with van der Waals surface area (Å²) in [4.78, 5) is 36.6. The van der Waals surface area contributed by atoms with E-state index in [1.165, 1.54) is 11.2 Å². The first kappa shape index (κ1) is 15.5. The number of ether oxygens (including phenoxy) is 2. The molecule has 3 rings (SSSR count). The Labute approximate surface area is 123 Å². The van der Waals surface area contributed by atoms with E-state index in [1.807, 2.05) is 6.92 Å². The van der Waals surface area contributed by atoms with Gasteiger partial charge in [0.2, 0.25) is 0 Å². The molecular formula is C14H20N2O5. The van der Waals surface area contributed by atoms with Crippen LogP contribution in [0, 0.1) is 0 Å². The zero-order valence-electron chi connectivity index (χ0n) is 12.7. The van der Waals surface area contributed by atoms with Crippen LogP contribution in [0.5, 0.6) is 0 Å². The normalized spacial score (nSPS) is 25.8. The fourth-order valence-electron chi connectivity index (χ4n) is 2.10. The SMILES string of the molecule is CC1=COC1=O.CCN1C(=O)N(CC2CO2)C(C)(C)C1=O. The lowest BCUT2D eigenvalue weighted by atomic mass is 10.0. The second kappa shape index (κ2) is 5.48. The number of likely N-dealkylation sites (N-methyl/N-ethyl adjacent to an activating group) is 1. The Bertz CT molecular complexity index is 507. The summed E-state index contributed by atoms with van der Waals surface area (Å²) >= 11 is 0. The molecule has 0 aliphatic carbocycles. The number of esters is 1. The standard InChI is InChI=1S/C10H16N2O3.C4H4O2/c1-4-11-8(13)10(2,3)12(9(11)14)5-7-6-15-7;1-3-2-6-4(3)5/h7H,4-6H2,1-3H3;2H,1H3. The highest BCUT2D eigenvalue weighted by molar-refractivity contribution is 6.06. The molecule has 21 heavy (non-hydrogen) atoms. The van der Waals surface area contributed by atoms with Gasteiger partial charge in [-0.25, -0.2) is 9.59 Å². The molecule has 0 bridgehead atoms. The molecule has 0 saturated carbocycles. The molecule has 0 spiro atoms. The van der Waals surface area contributed by atoms with Gasteiger partial charge < -0.3 is 14.4 Å². The van der Waals surface area contributed by atoms with Crippen molar-refractivity contribution in [2.45, 2.75) is 39.3 Å². The smallest absolute Gasteiger partial charge is 0.341 e. The molecule has 3 aliphatic rings. The van der Waals surface area contributed by atoms with Crippen molar-refractivity contribution < 1.29 is 23.9 Å². The van der Waals surface area contributed by atoms with E-state index >= 15 is 0 Å². The van der Waals surface area contributed by atoms with Gasteiger partial charge in [-0.1, -0.05) is 0 Å². The van der Waals surface area contributed by atoms with Crippen molar-refractivity contribution in [1.82, 2.24) is 9.80 Å². The van der Waals surface area contributed by atoms with Gasteiger partial charge in [0, 0.05) is 6.54 Å². The van der Waals surface area contributed by atoms with E-state index in [2.05, 4.69) is 4.74 Å². The first-order chi connectivity index (χ1) is 9.78. The van der Waals surface area contributed by atoms with Gasteiger partial charge in [-0.15, -0.1) is 0 Å². The summed E-state index contributed by atoms with van der Waals surface area (Å²) in [6, 6.07) is -0.192. The van der Waals surface area contributed by atoms with Gasteiger partial charge in [0.05, 0.1) is 24.8 Å². The predicted octanol–water partition coefficient (Wildman–Crippen LogP) is 0.895. The predicted molar refractivity (Wildman–Crippen MR) is 73.2 cm³/mol. The summed E-state index contributed by atoms with van der Waals surface area (Å²) in [5.74, 6) is -0.314. The van der Waals surface area contributed by atoms with Crippen LogP contribution in [0.2, 0.25) is 0 Å². The van der Waals surface area contributed by atoms with E-state index in [1.54, 1.807) is 25.7 Å². The number of hydrogen-bond donors (Lipinski definition) is 0. The topological polar surface area (TPSA) is 79.5 Å². The lowest BCUT2D eigenvalue weighted by Crippen LogP contribution is -2.45. The summed E-state index contributed by atoms with van der Waals surface area (Å²) in [5, 5.41) is 0. The Morgan fingerprint density at radius 3 is 2.19 bits per heavy atom. The summed E-state index contributed by atoms with van der Waals surface area (Å²) in [5.41, 5.74) is -0.0195. The molecule has 3 aliphatic heterocycles. The van der Waals surface area contributed by atoms with E-state index in [-0.39, 0.29) is 24.0 Å². The molecule has 0 N–H and O–H groups in total. The molecule has 0 aromatic carbocycles. The van der Waals surface area contributed by atoms with E-state index < -0.39 is 5.54 Å². The Morgan fingerprint density at radius 2 is 1.90 bits per heavy atom. The second-order valence-corrected chi connectivity index (χ2v) is 5.66. The van der Waals surface area contributed by atoms with E-state index in [0.717, 1.165) is 0 Å². The maximum absolute atomic E-state index is 11.9. The molecule has 0 aromatic heterocycles. The number of epoxide rings is 1. The van der Waals surface area contributed by atoms with Crippen molar-refractivity contribution in [3.05, 3.63) is 11.8 Å². The van der Waals surface area contributed by atoms with Crippen LogP contribution >= 0.6 is 0 Å². The molecule has 2 saturated heterocycles.